The molecule has 1 heteroatoms. The van der Waals surface area contributed by atoms with Gasteiger partial charge in [-0.2, -0.15) is 0 Å². The summed E-state index contributed by atoms with van der Waals surface area (Å²) in [6.45, 7) is 0. The van der Waals surface area contributed by atoms with Gasteiger partial charge in [-0.3, -0.25) is 4.98 Å². The van der Waals surface area contributed by atoms with Crippen LogP contribution in [0, 0.1) is 11.8 Å². The molecule has 12 heavy (non-hydrogen) atoms. The molecule has 1 aromatic heterocycles. The minimum absolute atomic E-state index is 0.873. The number of fused-ring (bicyclic) bond motifs is 2. The Hall–Kier alpha value is -1.11. The summed E-state index contributed by atoms with van der Waals surface area (Å²) in [6, 6.07) is 2.11. The molecular weight excluding hydrogens is 146 g/mol. The monoisotopic (exact) mass is 157 g/mol. The van der Waals surface area contributed by atoms with E-state index in [2.05, 4.69) is 23.2 Å². The van der Waals surface area contributed by atoms with Crippen LogP contribution in [-0.2, 0) is 6.42 Å². The van der Waals surface area contributed by atoms with Crippen LogP contribution in [0.1, 0.15) is 17.5 Å². The molecule has 0 amide bonds. The molecule has 2 atom stereocenters. The molecule has 0 bridgehead atoms. The molecule has 1 nitrogen and oxygen atoms in total. The summed E-state index contributed by atoms with van der Waals surface area (Å²) in [5.41, 5.74) is 2.80. The maximum absolute atomic E-state index is 4.16. The van der Waals surface area contributed by atoms with Gasteiger partial charge in [0.25, 0.3) is 0 Å². The van der Waals surface area contributed by atoms with Crippen molar-refractivity contribution in [3.05, 3.63) is 35.7 Å². The zero-order valence-electron chi connectivity index (χ0n) is 6.90. The van der Waals surface area contributed by atoms with Crippen LogP contribution in [0.2, 0.25) is 0 Å². The molecule has 1 heterocycles. The van der Waals surface area contributed by atoms with Crippen molar-refractivity contribution < 1.29 is 0 Å². The van der Waals surface area contributed by atoms with Crippen molar-refractivity contribution in [3.63, 3.8) is 0 Å². The van der Waals surface area contributed by atoms with E-state index in [-0.39, 0.29) is 0 Å². The average Bonchev–Trinajstić information content (AvgIpc) is 2.80. The second-order valence-corrected chi connectivity index (χ2v) is 3.80. The number of aromatic nitrogens is 1. The van der Waals surface area contributed by atoms with Crippen LogP contribution in [0.5, 0.6) is 0 Å². The van der Waals surface area contributed by atoms with Gasteiger partial charge in [0.15, 0.2) is 0 Å². The Morgan fingerprint density at radius 1 is 1.42 bits per heavy atom. The second kappa shape index (κ2) is 2.19. The van der Waals surface area contributed by atoms with E-state index < -0.39 is 0 Å². The zero-order chi connectivity index (χ0) is 7.97. The van der Waals surface area contributed by atoms with Crippen molar-refractivity contribution in [2.45, 2.75) is 12.8 Å². The highest BCUT2D eigenvalue weighted by molar-refractivity contribution is 5.55. The Morgan fingerprint density at radius 2 is 2.42 bits per heavy atom. The van der Waals surface area contributed by atoms with Crippen LogP contribution < -0.4 is 0 Å². The van der Waals surface area contributed by atoms with Crippen molar-refractivity contribution >= 4 is 6.08 Å². The molecule has 2 aliphatic carbocycles. The molecule has 0 spiro atoms. The van der Waals surface area contributed by atoms with E-state index in [9.17, 15) is 0 Å². The number of rotatable bonds is 0. The maximum atomic E-state index is 4.16. The fourth-order valence-corrected chi connectivity index (χ4v) is 2.02. The molecular formula is C11H11N. The summed E-state index contributed by atoms with van der Waals surface area (Å²) in [6.07, 6.45) is 11.1. The summed E-state index contributed by atoms with van der Waals surface area (Å²) in [5, 5.41) is 0. The van der Waals surface area contributed by atoms with Crippen molar-refractivity contribution in [2.75, 3.05) is 0 Å². The molecule has 2 unspecified atom stereocenters. The number of hydrogen-bond donors (Lipinski definition) is 0. The van der Waals surface area contributed by atoms with Gasteiger partial charge in [0.1, 0.15) is 0 Å². The maximum Gasteiger partial charge on any atom is 0.0305 e. The lowest BCUT2D eigenvalue weighted by Crippen LogP contribution is -1.91. The third-order valence-electron chi connectivity index (χ3n) is 2.92. The van der Waals surface area contributed by atoms with Crippen LogP contribution in [0.3, 0.4) is 0 Å². The van der Waals surface area contributed by atoms with Gasteiger partial charge in [0, 0.05) is 12.4 Å². The van der Waals surface area contributed by atoms with Crippen LogP contribution in [0.25, 0.3) is 6.08 Å². The molecule has 0 aliphatic heterocycles. The number of hydrogen-bond acceptors (Lipinski definition) is 1. The summed E-state index contributed by atoms with van der Waals surface area (Å²) >= 11 is 0. The fraction of sp³-hybridized carbons (Fsp3) is 0.364. The fourth-order valence-electron chi connectivity index (χ4n) is 2.02. The third kappa shape index (κ3) is 0.893. The van der Waals surface area contributed by atoms with Crippen molar-refractivity contribution in [3.8, 4) is 0 Å². The first kappa shape index (κ1) is 6.41. The summed E-state index contributed by atoms with van der Waals surface area (Å²) in [4.78, 5) is 4.16. The minimum atomic E-state index is 0.873. The normalized spacial score (nSPS) is 30.3. The van der Waals surface area contributed by atoms with Gasteiger partial charge in [-0.1, -0.05) is 12.2 Å². The summed E-state index contributed by atoms with van der Waals surface area (Å²) in [7, 11) is 0. The predicted octanol–water partition coefficient (Wildman–Crippen LogP) is 2.29. The Kier molecular flexibility index (Phi) is 1.17. The topological polar surface area (TPSA) is 12.9 Å². The zero-order valence-corrected chi connectivity index (χ0v) is 6.90. The highest BCUT2D eigenvalue weighted by Gasteiger charge is 2.36. The molecule has 0 N–H and O–H groups in total. The Balaban J connectivity index is 2.09. The van der Waals surface area contributed by atoms with Gasteiger partial charge in [0.2, 0.25) is 0 Å². The van der Waals surface area contributed by atoms with Gasteiger partial charge < -0.3 is 0 Å². The first-order valence-electron chi connectivity index (χ1n) is 4.54. The van der Waals surface area contributed by atoms with Crippen LogP contribution >= 0.6 is 0 Å². The molecule has 1 saturated carbocycles. The number of allylic oxidation sites excluding steroid dienone is 1. The lowest BCUT2D eigenvalue weighted by Gasteiger charge is -2.01. The van der Waals surface area contributed by atoms with Gasteiger partial charge in [-0.25, -0.2) is 0 Å². The quantitative estimate of drug-likeness (QED) is 0.563. The van der Waals surface area contributed by atoms with Gasteiger partial charge in [0.05, 0.1) is 0 Å². The largest absolute Gasteiger partial charge is 0.264 e. The van der Waals surface area contributed by atoms with Gasteiger partial charge in [-0.05, 0) is 41.9 Å². The van der Waals surface area contributed by atoms with Crippen LogP contribution in [0.4, 0.5) is 0 Å². The summed E-state index contributed by atoms with van der Waals surface area (Å²) < 4.78 is 0. The van der Waals surface area contributed by atoms with Gasteiger partial charge in [-0.15, -0.1) is 0 Å². The van der Waals surface area contributed by atoms with E-state index in [1.807, 2.05) is 12.4 Å². The number of nitrogens with zero attached hydrogens (tertiary/aromatic N) is 1. The molecule has 1 aromatic rings. The molecule has 0 saturated heterocycles. The van der Waals surface area contributed by atoms with E-state index in [0.717, 1.165) is 11.8 Å². The smallest absolute Gasteiger partial charge is 0.0305 e. The Bertz CT molecular complexity index is 341. The van der Waals surface area contributed by atoms with Crippen LogP contribution in [-0.4, -0.2) is 4.98 Å². The highest BCUT2D eigenvalue weighted by Crippen LogP contribution is 2.44. The third-order valence-corrected chi connectivity index (χ3v) is 2.92. The van der Waals surface area contributed by atoms with E-state index in [0.29, 0.717) is 0 Å². The molecule has 0 radical (unpaired) electrons. The van der Waals surface area contributed by atoms with Crippen molar-refractivity contribution in [2.24, 2.45) is 11.8 Å². The summed E-state index contributed by atoms with van der Waals surface area (Å²) in [5.74, 6) is 1.80. The first-order valence-corrected chi connectivity index (χ1v) is 4.54. The van der Waals surface area contributed by atoms with Crippen molar-refractivity contribution in [1.29, 1.82) is 0 Å². The highest BCUT2D eigenvalue weighted by atomic mass is 14.6. The first-order chi connectivity index (χ1) is 5.93. The van der Waals surface area contributed by atoms with Crippen molar-refractivity contribution in [1.82, 2.24) is 4.98 Å². The van der Waals surface area contributed by atoms with E-state index >= 15 is 0 Å². The van der Waals surface area contributed by atoms with Crippen LogP contribution in [0.15, 0.2) is 24.5 Å². The van der Waals surface area contributed by atoms with E-state index in [1.165, 1.54) is 24.0 Å². The lowest BCUT2D eigenvalue weighted by molar-refractivity contribution is 0.786. The van der Waals surface area contributed by atoms with E-state index in [4.69, 9.17) is 0 Å². The molecule has 1 fully saturated rings. The average molecular weight is 157 g/mol. The van der Waals surface area contributed by atoms with E-state index in [1.54, 1.807) is 0 Å². The SMILES string of the molecule is C1=CC2CC2Cc2cnccc21. The van der Waals surface area contributed by atoms with Gasteiger partial charge >= 0.3 is 0 Å². The molecule has 2 aliphatic rings. The lowest BCUT2D eigenvalue weighted by atomic mass is 10.1. The Labute approximate surface area is 72.1 Å². The standard InChI is InChI=1S/C11H11N/c1-2-9-5-10(9)6-11-7-12-4-3-8(1)11/h1-4,7,9-10H,5-6H2. The predicted molar refractivity (Wildman–Crippen MR) is 48.6 cm³/mol. The number of pyridine rings is 1. The Morgan fingerprint density at radius 3 is 3.42 bits per heavy atom. The molecule has 60 valence electrons. The molecule has 3 rings (SSSR count). The second-order valence-electron chi connectivity index (χ2n) is 3.80. The minimum Gasteiger partial charge on any atom is -0.264 e. The molecule has 0 aromatic carbocycles.